The second-order valence-corrected chi connectivity index (χ2v) is 6.43. The molecule has 25 heavy (non-hydrogen) atoms. The van der Waals surface area contributed by atoms with E-state index in [-0.39, 0.29) is 11.3 Å². The lowest BCUT2D eigenvalue weighted by Crippen LogP contribution is -2.09. The second-order valence-electron chi connectivity index (χ2n) is 5.58. The molecule has 122 valence electrons. The van der Waals surface area contributed by atoms with Gasteiger partial charge in [-0.1, -0.05) is 48.5 Å². The number of nitrogens with zero attached hydrogens (tertiary/aromatic N) is 1. The van der Waals surface area contributed by atoms with Crippen molar-refractivity contribution in [2.24, 2.45) is 0 Å². The Labute approximate surface area is 147 Å². The van der Waals surface area contributed by atoms with Gasteiger partial charge in [0.2, 0.25) is 0 Å². The number of fused-ring (bicyclic) bond motifs is 1. The van der Waals surface area contributed by atoms with Crippen LogP contribution in [0.15, 0.2) is 64.8 Å². The fraction of sp³-hybridized carbons (Fsp3) is 0. The van der Waals surface area contributed by atoms with E-state index in [0.717, 1.165) is 16.7 Å². The van der Waals surface area contributed by atoms with Crippen LogP contribution in [-0.4, -0.2) is 15.1 Å². The summed E-state index contributed by atoms with van der Waals surface area (Å²) in [7, 11) is 0. The van der Waals surface area contributed by atoms with E-state index in [2.05, 4.69) is 9.97 Å². The van der Waals surface area contributed by atoms with Crippen molar-refractivity contribution in [3.8, 4) is 16.9 Å². The van der Waals surface area contributed by atoms with Crippen molar-refractivity contribution in [2.75, 3.05) is 0 Å². The smallest absolute Gasteiger partial charge is 0.260 e. The molecule has 0 radical (unpaired) electrons. The van der Waals surface area contributed by atoms with Crippen LogP contribution in [0.25, 0.3) is 33.5 Å². The molecule has 0 atom stereocenters. The van der Waals surface area contributed by atoms with E-state index in [0.29, 0.717) is 16.0 Å². The van der Waals surface area contributed by atoms with E-state index in [1.807, 2.05) is 41.8 Å². The molecule has 5 heteroatoms. The highest BCUT2D eigenvalue weighted by Crippen LogP contribution is 2.30. The average molecular weight is 346 g/mol. The maximum Gasteiger partial charge on any atom is 0.260 e. The Morgan fingerprint density at radius 1 is 1.04 bits per heavy atom. The molecule has 0 aliphatic carbocycles. The maximum absolute atomic E-state index is 12.6. The molecule has 0 unspecified atom stereocenters. The number of benzene rings is 2. The number of nitrogens with one attached hydrogen (secondary N) is 1. The van der Waals surface area contributed by atoms with Crippen molar-refractivity contribution in [1.82, 2.24) is 9.97 Å². The minimum absolute atomic E-state index is 0.152. The molecule has 4 rings (SSSR count). The Hall–Kier alpha value is -3.18. The van der Waals surface area contributed by atoms with Gasteiger partial charge < -0.3 is 10.1 Å². The first-order valence-corrected chi connectivity index (χ1v) is 8.63. The molecule has 2 aromatic heterocycles. The highest BCUT2D eigenvalue weighted by atomic mass is 32.1. The number of aromatic amines is 1. The maximum atomic E-state index is 12.6. The van der Waals surface area contributed by atoms with Gasteiger partial charge in [-0.05, 0) is 29.3 Å². The zero-order valence-corrected chi connectivity index (χ0v) is 14.0. The molecule has 0 spiro atoms. The molecule has 4 nitrogen and oxygen atoms in total. The molecule has 0 saturated carbocycles. The second kappa shape index (κ2) is 6.37. The van der Waals surface area contributed by atoms with Crippen LogP contribution in [0.4, 0.5) is 0 Å². The predicted octanol–water partition coefficient (Wildman–Crippen LogP) is 4.53. The first-order valence-electron chi connectivity index (χ1n) is 7.75. The minimum atomic E-state index is -0.152. The Balaban J connectivity index is 1.75. The van der Waals surface area contributed by atoms with Gasteiger partial charge in [0.15, 0.2) is 0 Å². The van der Waals surface area contributed by atoms with Crippen molar-refractivity contribution < 1.29 is 5.11 Å². The van der Waals surface area contributed by atoms with Crippen molar-refractivity contribution >= 4 is 33.7 Å². The summed E-state index contributed by atoms with van der Waals surface area (Å²) in [4.78, 5) is 20.6. The summed E-state index contributed by atoms with van der Waals surface area (Å²) in [5.74, 6) is 0.687. The van der Waals surface area contributed by atoms with Gasteiger partial charge in [-0.2, -0.15) is 0 Å². The number of thiophene rings is 1. The normalized spacial score (nSPS) is 11.4. The molecule has 0 fully saturated rings. The quantitative estimate of drug-likeness (QED) is 0.573. The predicted molar refractivity (Wildman–Crippen MR) is 103 cm³/mol. The largest absolute Gasteiger partial charge is 0.508 e. The van der Waals surface area contributed by atoms with Crippen molar-refractivity contribution in [3.05, 3.63) is 81.7 Å². The molecule has 4 aromatic rings. The molecule has 2 N–H and O–H groups in total. The number of aromatic hydroxyl groups is 1. The number of H-pyrrole nitrogens is 1. The Morgan fingerprint density at radius 2 is 1.88 bits per heavy atom. The number of phenols is 1. The number of rotatable bonds is 3. The molecule has 0 amide bonds. The van der Waals surface area contributed by atoms with Gasteiger partial charge in [-0.3, -0.25) is 4.79 Å². The van der Waals surface area contributed by atoms with Crippen LogP contribution in [0.1, 0.15) is 11.4 Å². The van der Waals surface area contributed by atoms with E-state index in [1.54, 1.807) is 30.4 Å². The van der Waals surface area contributed by atoms with E-state index in [9.17, 15) is 9.90 Å². The molecule has 0 saturated heterocycles. The van der Waals surface area contributed by atoms with E-state index < -0.39 is 0 Å². The standard InChI is InChI=1S/C20H14N2O2S/c23-15-8-4-5-13(11-15)9-10-17-21-19(24)18-16(12-25-20(18)22-17)14-6-2-1-3-7-14/h1-12,23H,(H,21,22,24)/b10-9+. The summed E-state index contributed by atoms with van der Waals surface area (Å²) in [5, 5.41) is 12.1. The molecular formula is C20H14N2O2S. The summed E-state index contributed by atoms with van der Waals surface area (Å²) < 4.78 is 0. The van der Waals surface area contributed by atoms with E-state index in [1.165, 1.54) is 11.3 Å². The molecule has 0 bridgehead atoms. The first kappa shape index (κ1) is 15.4. The molecule has 0 aliphatic rings. The highest BCUT2D eigenvalue weighted by Gasteiger charge is 2.11. The molecule has 0 aliphatic heterocycles. The van der Waals surface area contributed by atoms with Crippen molar-refractivity contribution in [2.45, 2.75) is 0 Å². The summed E-state index contributed by atoms with van der Waals surface area (Å²) in [6, 6.07) is 16.7. The van der Waals surface area contributed by atoms with Crippen LogP contribution >= 0.6 is 11.3 Å². The van der Waals surface area contributed by atoms with Gasteiger partial charge in [-0.25, -0.2) is 4.98 Å². The zero-order valence-electron chi connectivity index (χ0n) is 13.1. The zero-order chi connectivity index (χ0) is 17.2. The van der Waals surface area contributed by atoms with Crippen molar-refractivity contribution in [3.63, 3.8) is 0 Å². The van der Waals surface area contributed by atoms with Gasteiger partial charge in [-0.15, -0.1) is 11.3 Å². The van der Waals surface area contributed by atoms with E-state index in [4.69, 9.17) is 0 Å². The van der Waals surface area contributed by atoms with Crippen LogP contribution in [0, 0.1) is 0 Å². The lowest BCUT2D eigenvalue weighted by molar-refractivity contribution is 0.475. The fourth-order valence-corrected chi connectivity index (χ4v) is 3.63. The van der Waals surface area contributed by atoms with Crippen molar-refractivity contribution in [1.29, 1.82) is 0 Å². The van der Waals surface area contributed by atoms with E-state index >= 15 is 0 Å². The highest BCUT2D eigenvalue weighted by molar-refractivity contribution is 7.17. The topological polar surface area (TPSA) is 66.0 Å². The SMILES string of the molecule is O=c1[nH]c(/C=C/c2cccc(O)c2)nc2scc(-c3ccccc3)c12. The summed E-state index contributed by atoms with van der Waals surface area (Å²) in [5.41, 5.74) is 2.58. The van der Waals surface area contributed by atoms with Gasteiger partial charge in [0.05, 0.1) is 5.39 Å². The van der Waals surface area contributed by atoms with Gasteiger partial charge >= 0.3 is 0 Å². The number of phenolic OH excluding ortho intramolecular Hbond substituents is 1. The Kier molecular flexibility index (Phi) is 3.91. The minimum Gasteiger partial charge on any atom is -0.508 e. The summed E-state index contributed by atoms with van der Waals surface area (Å²) in [6.45, 7) is 0. The third-order valence-corrected chi connectivity index (χ3v) is 4.72. The monoisotopic (exact) mass is 346 g/mol. The molecule has 2 aromatic carbocycles. The number of aromatic nitrogens is 2. The first-order chi connectivity index (χ1) is 12.2. The van der Waals surface area contributed by atoms with Crippen LogP contribution in [0.5, 0.6) is 5.75 Å². The molecular weight excluding hydrogens is 332 g/mol. The Bertz CT molecular complexity index is 1130. The third kappa shape index (κ3) is 3.09. The summed E-state index contributed by atoms with van der Waals surface area (Å²) in [6.07, 6.45) is 3.53. The van der Waals surface area contributed by atoms with Gasteiger partial charge in [0, 0.05) is 10.9 Å². The average Bonchev–Trinajstić information content (AvgIpc) is 3.05. The van der Waals surface area contributed by atoms with Crippen LogP contribution in [0.2, 0.25) is 0 Å². The van der Waals surface area contributed by atoms with Gasteiger partial charge in [0.25, 0.3) is 5.56 Å². The lowest BCUT2D eigenvalue weighted by atomic mass is 10.1. The van der Waals surface area contributed by atoms with Crippen LogP contribution in [-0.2, 0) is 0 Å². The van der Waals surface area contributed by atoms with Gasteiger partial charge in [0.1, 0.15) is 16.4 Å². The van der Waals surface area contributed by atoms with Crippen LogP contribution in [0.3, 0.4) is 0 Å². The summed E-state index contributed by atoms with van der Waals surface area (Å²) >= 11 is 1.46. The fourth-order valence-electron chi connectivity index (χ4n) is 2.68. The number of hydrogen-bond donors (Lipinski definition) is 2. The lowest BCUT2D eigenvalue weighted by Gasteiger charge is -2.00. The number of hydrogen-bond acceptors (Lipinski definition) is 4. The molecule has 2 heterocycles. The van der Waals surface area contributed by atoms with Crippen LogP contribution < -0.4 is 5.56 Å². The Morgan fingerprint density at radius 3 is 2.68 bits per heavy atom. The third-order valence-electron chi connectivity index (χ3n) is 3.85.